The van der Waals surface area contributed by atoms with E-state index in [0.29, 0.717) is 6.04 Å². The second-order valence-electron chi connectivity index (χ2n) is 5.78. The van der Waals surface area contributed by atoms with Crippen LogP contribution >= 0.6 is 0 Å². The van der Waals surface area contributed by atoms with E-state index in [1.165, 1.54) is 42.5 Å². The van der Waals surface area contributed by atoms with Crippen molar-refractivity contribution in [1.29, 1.82) is 0 Å². The summed E-state index contributed by atoms with van der Waals surface area (Å²) < 4.78 is 0. The first-order chi connectivity index (χ1) is 10.2. The summed E-state index contributed by atoms with van der Waals surface area (Å²) in [5.74, 6) is 0. The topological polar surface area (TPSA) is 15.6 Å². The van der Waals surface area contributed by atoms with Crippen molar-refractivity contribution in [1.82, 2.24) is 4.90 Å². The van der Waals surface area contributed by atoms with E-state index in [0.717, 1.165) is 6.42 Å². The molecule has 1 atom stereocenters. The molecule has 1 unspecified atom stereocenters. The molecule has 1 aromatic carbocycles. The minimum Gasteiger partial charge on any atom is -0.303 e. The van der Waals surface area contributed by atoms with Crippen molar-refractivity contribution >= 4 is 12.3 Å². The van der Waals surface area contributed by atoms with Gasteiger partial charge in [-0.3, -0.25) is 4.99 Å². The zero-order chi connectivity index (χ0) is 15.1. The second kappa shape index (κ2) is 7.94. The van der Waals surface area contributed by atoms with Crippen LogP contribution in [-0.4, -0.2) is 31.3 Å². The van der Waals surface area contributed by atoms with Gasteiger partial charge in [0.25, 0.3) is 0 Å². The zero-order valence-electron chi connectivity index (χ0n) is 13.3. The Balaban J connectivity index is 2.13. The number of likely N-dealkylation sites (tertiary alicyclic amines) is 1. The Morgan fingerprint density at radius 3 is 3.00 bits per heavy atom. The average Bonchev–Trinajstić information content (AvgIpc) is 2.51. The van der Waals surface area contributed by atoms with E-state index in [9.17, 15) is 0 Å². The largest absolute Gasteiger partial charge is 0.303 e. The molecule has 1 aliphatic rings. The maximum atomic E-state index is 3.80. The van der Waals surface area contributed by atoms with Gasteiger partial charge in [0.05, 0.1) is 0 Å². The van der Waals surface area contributed by atoms with Gasteiger partial charge in [0.1, 0.15) is 0 Å². The van der Waals surface area contributed by atoms with Crippen molar-refractivity contribution in [2.75, 3.05) is 13.6 Å². The maximum Gasteiger partial charge on any atom is 0.0266 e. The Kier molecular flexibility index (Phi) is 5.94. The molecule has 0 amide bonds. The van der Waals surface area contributed by atoms with E-state index in [4.69, 9.17) is 0 Å². The number of nitrogens with zero attached hydrogens (tertiary/aromatic N) is 2. The molecule has 0 aliphatic carbocycles. The summed E-state index contributed by atoms with van der Waals surface area (Å²) >= 11 is 0. The van der Waals surface area contributed by atoms with Crippen LogP contribution in [0.2, 0.25) is 0 Å². The lowest BCUT2D eigenvalue weighted by atomic mass is 9.94. The predicted octanol–water partition coefficient (Wildman–Crippen LogP) is 4.33. The van der Waals surface area contributed by atoms with Gasteiger partial charge in [0, 0.05) is 12.2 Å². The molecule has 0 N–H and O–H groups in total. The van der Waals surface area contributed by atoms with Crippen LogP contribution in [0, 0.1) is 0 Å². The third-order valence-corrected chi connectivity index (χ3v) is 4.32. The van der Waals surface area contributed by atoms with E-state index >= 15 is 0 Å². The van der Waals surface area contributed by atoms with Crippen LogP contribution in [0.25, 0.3) is 5.57 Å². The first kappa shape index (κ1) is 15.7. The molecule has 1 saturated heterocycles. The number of rotatable bonds is 5. The van der Waals surface area contributed by atoms with Gasteiger partial charge >= 0.3 is 0 Å². The highest BCUT2D eigenvalue weighted by molar-refractivity contribution is 5.74. The van der Waals surface area contributed by atoms with Gasteiger partial charge in [0.2, 0.25) is 0 Å². The molecular weight excluding hydrogens is 256 g/mol. The van der Waals surface area contributed by atoms with Crippen molar-refractivity contribution in [3.63, 3.8) is 0 Å². The molecule has 21 heavy (non-hydrogen) atoms. The minimum absolute atomic E-state index is 0.688. The number of likely N-dealkylation sites (N-methyl/N-ethyl adjacent to an activating group) is 1. The first-order valence-corrected chi connectivity index (χ1v) is 7.83. The van der Waals surface area contributed by atoms with Crippen molar-refractivity contribution in [3.8, 4) is 0 Å². The summed E-state index contributed by atoms with van der Waals surface area (Å²) in [5, 5.41) is 0. The lowest BCUT2D eigenvalue weighted by Crippen LogP contribution is -2.37. The fourth-order valence-electron chi connectivity index (χ4n) is 3.04. The van der Waals surface area contributed by atoms with Gasteiger partial charge in [-0.2, -0.15) is 0 Å². The SMILES string of the molecule is C=N/C=C\C(=C/C)c1cccc(CC2CCCCN2C)c1. The van der Waals surface area contributed by atoms with Gasteiger partial charge in [0.15, 0.2) is 0 Å². The van der Waals surface area contributed by atoms with E-state index in [2.05, 4.69) is 60.9 Å². The Bertz CT molecular complexity index is 528. The smallest absolute Gasteiger partial charge is 0.0266 e. The minimum atomic E-state index is 0.688. The van der Waals surface area contributed by atoms with Gasteiger partial charge in [-0.1, -0.05) is 36.8 Å². The second-order valence-corrected chi connectivity index (χ2v) is 5.78. The van der Waals surface area contributed by atoms with Gasteiger partial charge in [-0.25, -0.2) is 0 Å². The molecule has 2 rings (SSSR count). The zero-order valence-corrected chi connectivity index (χ0v) is 13.3. The molecule has 0 spiro atoms. The summed E-state index contributed by atoms with van der Waals surface area (Å²) in [4.78, 5) is 6.31. The molecule has 0 aromatic heterocycles. The summed E-state index contributed by atoms with van der Waals surface area (Å²) in [6, 6.07) is 9.57. The third-order valence-electron chi connectivity index (χ3n) is 4.32. The highest BCUT2D eigenvalue weighted by Crippen LogP contribution is 2.22. The molecule has 0 radical (unpaired) electrons. The molecule has 2 heteroatoms. The monoisotopic (exact) mass is 282 g/mol. The van der Waals surface area contributed by atoms with Crippen LogP contribution in [0.15, 0.2) is 47.6 Å². The standard InChI is InChI=1S/C19H26N2/c1-4-17(11-12-20-2)18-9-7-8-16(14-18)15-19-10-5-6-13-21(19)3/h4,7-9,11-12,14,19H,2,5-6,10,13,15H2,1,3H3/b12-11-,17-4+. The van der Waals surface area contributed by atoms with E-state index < -0.39 is 0 Å². The normalized spacial score (nSPS) is 20.9. The molecule has 1 aliphatic heterocycles. The first-order valence-electron chi connectivity index (χ1n) is 7.83. The fraction of sp³-hybridized carbons (Fsp3) is 0.421. The molecule has 0 saturated carbocycles. The van der Waals surface area contributed by atoms with Crippen LogP contribution in [0.1, 0.15) is 37.3 Å². The van der Waals surface area contributed by atoms with Crippen molar-refractivity contribution in [2.24, 2.45) is 4.99 Å². The lowest BCUT2D eigenvalue weighted by Gasteiger charge is -2.32. The third kappa shape index (κ3) is 4.40. The predicted molar refractivity (Wildman–Crippen MR) is 92.8 cm³/mol. The molecule has 1 fully saturated rings. The van der Waals surface area contributed by atoms with E-state index in [1.807, 2.05) is 6.08 Å². The van der Waals surface area contributed by atoms with Gasteiger partial charge in [-0.05, 0) is 69.3 Å². The fourth-order valence-corrected chi connectivity index (χ4v) is 3.04. The number of piperidine rings is 1. The number of hydrogen-bond donors (Lipinski definition) is 0. The maximum absolute atomic E-state index is 3.80. The van der Waals surface area contributed by atoms with Crippen LogP contribution < -0.4 is 0 Å². The quantitative estimate of drug-likeness (QED) is 0.579. The molecule has 1 heterocycles. The van der Waals surface area contributed by atoms with Crippen molar-refractivity contribution in [2.45, 2.75) is 38.6 Å². The summed E-state index contributed by atoms with van der Waals surface area (Å²) in [6.45, 7) is 6.79. The Morgan fingerprint density at radius 1 is 1.43 bits per heavy atom. The molecule has 0 bridgehead atoms. The van der Waals surface area contributed by atoms with Gasteiger partial charge < -0.3 is 4.90 Å². The summed E-state index contributed by atoms with van der Waals surface area (Å²) in [5.41, 5.74) is 3.88. The number of aliphatic imine (C=N–C) groups is 1. The Hall–Kier alpha value is -1.67. The molecule has 2 nitrogen and oxygen atoms in total. The van der Waals surface area contributed by atoms with Crippen LogP contribution in [-0.2, 0) is 6.42 Å². The highest BCUT2D eigenvalue weighted by Gasteiger charge is 2.19. The van der Waals surface area contributed by atoms with Crippen LogP contribution in [0.5, 0.6) is 0 Å². The lowest BCUT2D eigenvalue weighted by molar-refractivity contribution is 0.184. The summed E-state index contributed by atoms with van der Waals surface area (Å²) in [6.07, 6.45) is 11.0. The molecular formula is C19H26N2. The number of hydrogen-bond acceptors (Lipinski definition) is 2. The average molecular weight is 282 g/mol. The van der Waals surface area contributed by atoms with E-state index in [-0.39, 0.29) is 0 Å². The summed E-state index contributed by atoms with van der Waals surface area (Å²) in [7, 11) is 2.25. The van der Waals surface area contributed by atoms with E-state index in [1.54, 1.807) is 6.20 Å². The van der Waals surface area contributed by atoms with Gasteiger partial charge in [-0.15, -0.1) is 0 Å². The van der Waals surface area contributed by atoms with Crippen LogP contribution in [0.4, 0.5) is 0 Å². The highest BCUT2D eigenvalue weighted by atomic mass is 15.1. The molecule has 112 valence electrons. The Labute approximate surface area is 128 Å². The number of allylic oxidation sites excluding steroid dienone is 3. The van der Waals surface area contributed by atoms with Crippen molar-refractivity contribution in [3.05, 3.63) is 53.7 Å². The van der Waals surface area contributed by atoms with Crippen LogP contribution in [0.3, 0.4) is 0 Å². The Morgan fingerprint density at radius 2 is 2.29 bits per heavy atom. The van der Waals surface area contributed by atoms with Crippen molar-refractivity contribution < 1.29 is 0 Å². The molecule has 1 aromatic rings. The number of benzene rings is 1.